The minimum absolute atomic E-state index is 0.199. The average molecular weight is 194 g/mol. The van der Waals surface area contributed by atoms with Gasteiger partial charge in [0.1, 0.15) is 5.82 Å². The molecule has 0 radical (unpaired) electrons. The predicted octanol–water partition coefficient (Wildman–Crippen LogP) is -0.252. The molecule has 0 saturated carbocycles. The highest BCUT2D eigenvalue weighted by atomic mass is 16.2. The molecule has 14 heavy (non-hydrogen) atoms. The molecule has 0 saturated heterocycles. The lowest BCUT2D eigenvalue weighted by atomic mass is 10.3. The van der Waals surface area contributed by atoms with Crippen LogP contribution in [0.15, 0.2) is 12.3 Å². The fourth-order valence-electron chi connectivity index (χ4n) is 0.913. The highest BCUT2D eigenvalue weighted by Gasteiger charge is 2.06. The summed E-state index contributed by atoms with van der Waals surface area (Å²) in [6.45, 7) is 3.83. The summed E-state index contributed by atoms with van der Waals surface area (Å²) in [6, 6.07) is 1.30. The number of nitrogens with one attached hydrogen (secondary N) is 1. The number of carbonyl (C=O) groups excluding carboxylic acids is 1. The Kier molecular flexibility index (Phi) is 3.53. The maximum atomic E-state index is 11.1. The van der Waals surface area contributed by atoms with Crippen LogP contribution in [0.2, 0.25) is 0 Å². The number of aromatic nitrogens is 2. The van der Waals surface area contributed by atoms with E-state index in [1.807, 2.05) is 6.92 Å². The molecular formula is C9H14N4O. The van der Waals surface area contributed by atoms with Crippen LogP contribution in [0, 0.1) is 6.92 Å². The van der Waals surface area contributed by atoms with Crippen LogP contribution in [0.5, 0.6) is 0 Å². The van der Waals surface area contributed by atoms with Crippen LogP contribution >= 0.6 is 0 Å². The van der Waals surface area contributed by atoms with Crippen LogP contribution in [0.3, 0.4) is 0 Å². The Bertz CT molecular complexity index is 324. The van der Waals surface area contributed by atoms with E-state index in [9.17, 15) is 4.79 Å². The minimum atomic E-state index is -0.500. The summed E-state index contributed by atoms with van der Waals surface area (Å²) in [5, 5.41) is 2.64. The molecule has 1 aromatic heterocycles. The number of hydrogen-bond donors (Lipinski definition) is 2. The van der Waals surface area contributed by atoms with Crippen molar-refractivity contribution in [1.29, 1.82) is 0 Å². The van der Waals surface area contributed by atoms with Crippen LogP contribution in [-0.4, -0.2) is 21.9 Å². The highest BCUT2D eigenvalue weighted by Crippen LogP contribution is 1.92. The zero-order valence-corrected chi connectivity index (χ0v) is 8.32. The van der Waals surface area contributed by atoms with Gasteiger partial charge in [0, 0.05) is 11.9 Å². The number of aryl methyl sites for hydroxylation is 1. The summed E-state index contributed by atoms with van der Waals surface area (Å²) >= 11 is 0. The molecule has 3 N–H and O–H groups in total. The third kappa shape index (κ3) is 3.10. The molecule has 1 amide bonds. The molecule has 0 spiro atoms. The third-order valence-corrected chi connectivity index (χ3v) is 1.68. The van der Waals surface area contributed by atoms with Gasteiger partial charge in [0.05, 0.1) is 12.6 Å². The lowest BCUT2D eigenvalue weighted by Crippen LogP contribution is -2.38. The molecule has 0 aliphatic rings. The number of nitrogens with zero attached hydrogens (tertiary/aromatic N) is 2. The van der Waals surface area contributed by atoms with Crippen molar-refractivity contribution in [1.82, 2.24) is 15.3 Å². The number of amides is 1. The van der Waals surface area contributed by atoms with Crippen LogP contribution < -0.4 is 11.1 Å². The van der Waals surface area contributed by atoms with Gasteiger partial charge in [0.2, 0.25) is 5.91 Å². The molecule has 1 atom stereocenters. The van der Waals surface area contributed by atoms with Gasteiger partial charge in [-0.15, -0.1) is 0 Å². The molecule has 76 valence electrons. The lowest BCUT2D eigenvalue weighted by molar-refractivity contribution is -0.122. The molecule has 1 rings (SSSR count). The smallest absolute Gasteiger partial charge is 0.237 e. The van der Waals surface area contributed by atoms with Gasteiger partial charge < -0.3 is 11.1 Å². The Morgan fingerprint density at radius 2 is 2.43 bits per heavy atom. The summed E-state index contributed by atoms with van der Waals surface area (Å²) < 4.78 is 0. The van der Waals surface area contributed by atoms with Gasteiger partial charge in [0.25, 0.3) is 0 Å². The second kappa shape index (κ2) is 4.66. The van der Waals surface area contributed by atoms with E-state index in [2.05, 4.69) is 15.3 Å². The van der Waals surface area contributed by atoms with Gasteiger partial charge >= 0.3 is 0 Å². The molecule has 1 aromatic rings. The summed E-state index contributed by atoms with van der Waals surface area (Å²) in [6.07, 6.45) is 1.66. The summed E-state index contributed by atoms with van der Waals surface area (Å²) in [4.78, 5) is 19.3. The Balaban J connectivity index is 2.50. The number of nitrogens with two attached hydrogens (primary N) is 1. The Morgan fingerprint density at radius 1 is 1.71 bits per heavy atom. The van der Waals surface area contributed by atoms with Gasteiger partial charge in [-0.05, 0) is 19.9 Å². The maximum absolute atomic E-state index is 11.1. The van der Waals surface area contributed by atoms with E-state index < -0.39 is 6.04 Å². The largest absolute Gasteiger partial charge is 0.347 e. The molecule has 0 aromatic carbocycles. The van der Waals surface area contributed by atoms with Gasteiger partial charge in [-0.2, -0.15) is 0 Å². The standard InChI is InChI=1S/C9H14N4O/c1-6-3-4-11-8(13-6)5-12-9(14)7(2)10/h3-4,7H,5,10H2,1-2H3,(H,12,14). The van der Waals surface area contributed by atoms with Crippen molar-refractivity contribution in [2.45, 2.75) is 26.4 Å². The zero-order chi connectivity index (χ0) is 10.6. The summed E-state index contributed by atoms with van der Waals surface area (Å²) in [5.41, 5.74) is 6.26. The van der Waals surface area contributed by atoms with Gasteiger partial charge in [-0.1, -0.05) is 0 Å². The van der Waals surface area contributed by atoms with Crippen LogP contribution in [0.4, 0.5) is 0 Å². The zero-order valence-electron chi connectivity index (χ0n) is 8.32. The molecule has 5 heteroatoms. The molecule has 5 nitrogen and oxygen atoms in total. The third-order valence-electron chi connectivity index (χ3n) is 1.68. The van der Waals surface area contributed by atoms with E-state index in [0.717, 1.165) is 5.69 Å². The number of hydrogen-bond acceptors (Lipinski definition) is 4. The summed E-state index contributed by atoms with van der Waals surface area (Å²) in [7, 11) is 0. The predicted molar refractivity (Wildman–Crippen MR) is 52.3 cm³/mol. The van der Waals surface area contributed by atoms with E-state index in [1.165, 1.54) is 0 Å². The normalized spacial score (nSPS) is 12.2. The minimum Gasteiger partial charge on any atom is -0.347 e. The Morgan fingerprint density at radius 3 is 3.00 bits per heavy atom. The first kappa shape index (κ1) is 10.6. The van der Waals surface area contributed by atoms with Crippen molar-refractivity contribution in [3.05, 3.63) is 23.8 Å². The monoisotopic (exact) mass is 194 g/mol. The van der Waals surface area contributed by atoms with Crippen molar-refractivity contribution in [3.63, 3.8) is 0 Å². The van der Waals surface area contributed by atoms with E-state index in [4.69, 9.17) is 5.73 Å². The summed E-state index contributed by atoms with van der Waals surface area (Å²) in [5.74, 6) is 0.397. The number of carbonyl (C=O) groups is 1. The first-order valence-electron chi connectivity index (χ1n) is 4.41. The van der Waals surface area contributed by atoms with Crippen molar-refractivity contribution in [2.24, 2.45) is 5.73 Å². The topological polar surface area (TPSA) is 80.9 Å². The van der Waals surface area contributed by atoms with E-state index in [-0.39, 0.29) is 5.91 Å². The molecule has 0 aliphatic heterocycles. The van der Waals surface area contributed by atoms with E-state index in [1.54, 1.807) is 19.2 Å². The second-order valence-corrected chi connectivity index (χ2v) is 3.12. The van der Waals surface area contributed by atoms with Gasteiger partial charge in [0.15, 0.2) is 0 Å². The highest BCUT2D eigenvalue weighted by molar-refractivity contribution is 5.80. The first-order valence-corrected chi connectivity index (χ1v) is 4.41. The van der Waals surface area contributed by atoms with Crippen molar-refractivity contribution in [2.75, 3.05) is 0 Å². The fourth-order valence-corrected chi connectivity index (χ4v) is 0.913. The van der Waals surface area contributed by atoms with Crippen molar-refractivity contribution >= 4 is 5.91 Å². The average Bonchev–Trinajstić information content (AvgIpc) is 2.14. The Hall–Kier alpha value is -1.49. The molecule has 1 heterocycles. The first-order chi connectivity index (χ1) is 6.59. The number of rotatable bonds is 3. The van der Waals surface area contributed by atoms with Crippen LogP contribution in [0.25, 0.3) is 0 Å². The Labute approximate surface area is 82.7 Å². The fraction of sp³-hybridized carbons (Fsp3) is 0.444. The van der Waals surface area contributed by atoms with Gasteiger partial charge in [-0.3, -0.25) is 4.79 Å². The lowest BCUT2D eigenvalue weighted by Gasteiger charge is -2.06. The molecule has 0 aliphatic carbocycles. The molecule has 0 bridgehead atoms. The van der Waals surface area contributed by atoms with Crippen LogP contribution in [0.1, 0.15) is 18.4 Å². The molecular weight excluding hydrogens is 180 g/mol. The van der Waals surface area contributed by atoms with Crippen molar-refractivity contribution in [3.8, 4) is 0 Å². The van der Waals surface area contributed by atoms with Crippen molar-refractivity contribution < 1.29 is 4.79 Å². The van der Waals surface area contributed by atoms with Crippen LogP contribution in [-0.2, 0) is 11.3 Å². The van der Waals surface area contributed by atoms with Gasteiger partial charge in [-0.25, -0.2) is 9.97 Å². The molecule has 1 unspecified atom stereocenters. The SMILES string of the molecule is Cc1ccnc(CNC(=O)C(C)N)n1. The molecule has 0 fully saturated rings. The quantitative estimate of drug-likeness (QED) is 0.695. The van der Waals surface area contributed by atoms with E-state index in [0.29, 0.717) is 12.4 Å². The second-order valence-electron chi connectivity index (χ2n) is 3.12. The maximum Gasteiger partial charge on any atom is 0.237 e. The van der Waals surface area contributed by atoms with E-state index >= 15 is 0 Å².